The van der Waals surface area contributed by atoms with Crippen LogP contribution >= 0.6 is 0 Å². The first-order chi connectivity index (χ1) is 9.34. The molecule has 7 nitrogen and oxygen atoms in total. The highest BCUT2D eigenvalue weighted by Crippen LogP contribution is 2.16. The van der Waals surface area contributed by atoms with Crippen LogP contribution in [0.5, 0.6) is 0 Å². The number of aromatic amines is 1. The number of carbonyl (C=O) groups is 1. The summed E-state index contributed by atoms with van der Waals surface area (Å²) in [6.45, 7) is 0.228. The second kappa shape index (κ2) is 4.81. The molecule has 0 saturated carbocycles. The Kier molecular flexibility index (Phi) is 2.85. The minimum atomic E-state index is -0.191. The van der Waals surface area contributed by atoms with Crippen molar-refractivity contribution < 1.29 is 4.79 Å². The zero-order valence-electron chi connectivity index (χ0n) is 9.87. The number of benzene rings is 1. The van der Waals surface area contributed by atoms with Crippen LogP contribution in [0.3, 0.4) is 0 Å². The number of hydrogen-bond donors (Lipinski definition) is 2. The van der Waals surface area contributed by atoms with Crippen molar-refractivity contribution in [3.8, 4) is 0 Å². The minimum absolute atomic E-state index is 0.191. The summed E-state index contributed by atoms with van der Waals surface area (Å²) in [6, 6.07) is 9.10. The monoisotopic (exact) mass is 254 g/mol. The Balaban J connectivity index is 1.85. The van der Waals surface area contributed by atoms with E-state index >= 15 is 0 Å². The second-order valence-electron chi connectivity index (χ2n) is 3.89. The van der Waals surface area contributed by atoms with Crippen LogP contribution < -0.4 is 5.32 Å². The van der Waals surface area contributed by atoms with Crippen LogP contribution in [0.25, 0.3) is 10.9 Å². The number of amides is 1. The van der Waals surface area contributed by atoms with Crippen LogP contribution in [0, 0.1) is 0 Å². The number of tetrazole rings is 1. The molecular weight excluding hydrogens is 244 g/mol. The van der Waals surface area contributed by atoms with Crippen molar-refractivity contribution in [1.82, 2.24) is 30.9 Å². The van der Waals surface area contributed by atoms with Gasteiger partial charge in [0.25, 0.3) is 5.91 Å². The number of aromatic nitrogens is 5. The van der Waals surface area contributed by atoms with Crippen molar-refractivity contribution in [3.63, 3.8) is 0 Å². The number of H-pyrrole nitrogens is 1. The Morgan fingerprint density at radius 3 is 3.05 bits per heavy atom. The largest absolute Gasteiger partial charge is 0.345 e. The van der Waals surface area contributed by atoms with Crippen molar-refractivity contribution in [3.05, 3.63) is 47.9 Å². The van der Waals surface area contributed by atoms with Gasteiger partial charge in [-0.05, 0) is 18.2 Å². The number of nitrogens with one attached hydrogen (secondary N) is 2. The molecule has 0 atom stereocenters. The van der Waals surface area contributed by atoms with Gasteiger partial charge >= 0.3 is 0 Å². The van der Waals surface area contributed by atoms with Crippen LogP contribution in [-0.4, -0.2) is 31.5 Å². The lowest BCUT2D eigenvalue weighted by Gasteiger charge is -2.05. The van der Waals surface area contributed by atoms with E-state index in [9.17, 15) is 4.79 Å². The summed E-state index contributed by atoms with van der Waals surface area (Å²) in [7, 11) is 0. The molecule has 0 radical (unpaired) electrons. The van der Waals surface area contributed by atoms with Crippen molar-refractivity contribution in [1.29, 1.82) is 0 Å². The normalized spacial score (nSPS) is 10.5. The Labute approximate surface area is 108 Å². The first kappa shape index (κ1) is 11.3. The summed E-state index contributed by atoms with van der Waals surface area (Å²) in [5.74, 6) is 0.245. The maximum atomic E-state index is 12.1. The smallest absolute Gasteiger partial charge is 0.252 e. The van der Waals surface area contributed by atoms with E-state index in [-0.39, 0.29) is 12.5 Å². The number of rotatable bonds is 3. The summed E-state index contributed by atoms with van der Waals surface area (Å²) >= 11 is 0. The van der Waals surface area contributed by atoms with Gasteiger partial charge in [0.1, 0.15) is 0 Å². The molecule has 2 aromatic heterocycles. The Morgan fingerprint density at radius 1 is 1.26 bits per heavy atom. The van der Waals surface area contributed by atoms with E-state index in [1.165, 1.54) is 0 Å². The molecule has 1 aromatic carbocycles. The van der Waals surface area contributed by atoms with E-state index in [0.717, 1.165) is 10.9 Å². The number of nitrogens with zero attached hydrogens (tertiary/aromatic N) is 4. The predicted molar refractivity (Wildman–Crippen MR) is 67.1 cm³/mol. The maximum Gasteiger partial charge on any atom is 0.252 e. The molecule has 0 aliphatic carbocycles. The second-order valence-corrected chi connectivity index (χ2v) is 3.89. The van der Waals surface area contributed by atoms with Crippen LogP contribution in [0.4, 0.5) is 0 Å². The minimum Gasteiger partial charge on any atom is -0.345 e. The average Bonchev–Trinajstić information content (AvgIpc) is 2.97. The third-order valence-electron chi connectivity index (χ3n) is 2.69. The topological polar surface area (TPSA) is 96.5 Å². The molecule has 0 fully saturated rings. The lowest BCUT2D eigenvalue weighted by Crippen LogP contribution is -2.23. The molecule has 0 bridgehead atoms. The van der Waals surface area contributed by atoms with Gasteiger partial charge in [-0.2, -0.15) is 5.21 Å². The Morgan fingerprint density at radius 2 is 2.21 bits per heavy atom. The van der Waals surface area contributed by atoms with Crippen LogP contribution in [0.2, 0.25) is 0 Å². The zero-order chi connectivity index (χ0) is 13.1. The Bertz CT molecular complexity index is 704. The van der Waals surface area contributed by atoms with E-state index in [1.54, 1.807) is 24.4 Å². The number of carbonyl (C=O) groups excluding carboxylic acids is 1. The van der Waals surface area contributed by atoms with E-state index in [4.69, 9.17) is 0 Å². The number of hydrogen-bond acceptors (Lipinski definition) is 5. The van der Waals surface area contributed by atoms with Crippen LogP contribution in [0.1, 0.15) is 16.2 Å². The lowest BCUT2D eigenvalue weighted by molar-refractivity contribution is 0.0951. The van der Waals surface area contributed by atoms with Crippen LogP contribution in [0.15, 0.2) is 36.5 Å². The zero-order valence-corrected chi connectivity index (χ0v) is 9.87. The first-order valence-corrected chi connectivity index (χ1v) is 5.69. The van der Waals surface area contributed by atoms with Crippen molar-refractivity contribution in [2.45, 2.75) is 6.54 Å². The number of fused-ring (bicyclic) bond motifs is 1. The van der Waals surface area contributed by atoms with Gasteiger partial charge in [-0.1, -0.05) is 17.3 Å². The van der Waals surface area contributed by atoms with Crippen molar-refractivity contribution >= 4 is 16.8 Å². The molecule has 7 heteroatoms. The van der Waals surface area contributed by atoms with Gasteiger partial charge < -0.3 is 5.32 Å². The summed E-state index contributed by atoms with van der Waals surface area (Å²) < 4.78 is 0. The quantitative estimate of drug-likeness (QED) is 0.716. The summed E-state index contributed by atoms with van der Waals surface area (Å²) in [5.41, 5.74) is 1.36. The van der Waals surface area contributed by atoms with E-state index < -0.39 is 0 Å². The first-order valence-electron chi connectivity index (χ1n) is 5.69. The molecule has 2 N–H and O–H groups in total. The summed E-state index contributed by atoms with van der Waals surface area (Å²) in [6.07, 6.45) is 1.70. The number of pyridine rings is 1. The fourth-order valence-electron chi connectivity index (χ4n) is 1.81. The van der Waals surface area contributed by atoms with Crippen molar-refractivity contribution in [2.24, 2.45) is 0 Å². The SMILES string of the molecule is O=C(NCc1nn[nH]n1)c1cccc2ncccc12. The Hall–Kier alpha value is -2.83. The highest BCUT2D eigenvalue weighted by molar-refractivity contribution is 6.06. The van der Waals surface area contributed by atoms with Crippen LogP contribution in [-0.2, 0) is 6.54 Å². The van der Waals surface area contributed by atoms with Gasteiger partial charge in [-0.25, -0.2) is 0 Å². The molecule has 3 rings (SSSR count). The van der Waals surface area contributed by atoms with Crippen molar-refractivity contribution in [2.75, 3.05) is 0 Å². The molecule has 0 saturated heterocycles. The maximum absolute atomic E-state index is 12.1. The molecule has 0 aliphatic rings. The third-order valence-corrected chi connectivity index (χ3v) is 2.69. The molecule has 3 aromatic rings. The van der Waals surface area contributed by atoms with Gasteiger partial charge in [0.2, 0.25) is 0 Å². The van der Waals surface area contributed by atoms with E-state index in [0.29, 0.717) is 11.4 Å². The average molecular weight is 254 g/mol. The van der Waals surface area contributed by atoms with Gasteiger partial charge in [-0.15, -0.1) is 10.2 Å². The fourth-order valence-corrected chi connectivity index (χ4v) is 1.81. The summed E-state index contributed by atoms with van der Waals surface area (Å²) in [4.78, 5) is 16.3. The third kappa shape index (κ3) is 2.25. The molecule has 19 heavy (non-hydrogen) atoms. The van der Waals surface area contributed by atoms with E-state index in [2.05, 4.69) is 30.9 Å². The molecular formula is C12H10N6O. The molecule has 0 aliphatic heterocycles. The lowest BCUT2D eigenvalue weighted by atomic mass is 10.1. The predicted octanol–water partition coefficient (Wildman–Crippen LogP) is 0.678. The highest BCUT2D eigenvalue weighted by atomic mass is 16.1. The van der Waals surface area contributed by atoms with Gasteiger partial charge in [0.05, 0.1) is 12.1 Å². The van der Waals surface area contributed by atoms with Gasteiger partial charge in [0.15, 0.2) is 5.82 Å². The molecule has 0 spiro atoms. The molecule has 2 heterocycles. The van der Waals surface area contributed by atoms with E-state index in [1.807, 2.05) is 12.1 Å². The van der Waals surface area contributed by atoms with Gasteiger partial charge in [0, 0.05) is 17.1 Å². The standard InChI is InChI=1S/C12H10N6O/c19-12(14-7-11-15-17-18-16-11)9-3-1-5-10-8(9)4-2-6-13-10/h1-6H,7H2,(H,14,19)(H,15,16,17,18). The highest BCUT2D eigenvalue weighted by Gasteiger charge is 2.10. The fraction of sp³-hybridized carbons (Fsp3) is 0.0833. The summed E-state index contributed by atoms with van der Waals surface area (Å²) in [5, 5.41) is 16.9. The molecule has 0 unspecified atom stereocenters. The van der Waals surface area contributed by atoms with Gasteiger partial charge in [-0.3, -0.25) is 9.78 Å². The molecule has 94 valence electrons. The molecule has 1 amide bonds.